The molecular weight excluding hydrogens is 240 g/mol. The topological polar surface area (TPSA) is 46.5 Å². The van der Waals surface area contributed by atoms with Crippen LogP contribution in [-0.4, -0.2) is 18.2 Å². The molecule has 1 N–H and O–H groups in total. The number of methoxy groups -OCH3 is 1. The molecule has 1 aromatic rings. The Kier molecular flexibility index (Phi) is 4.25. The van der Waals surface area contributed by atoms with Gasteiger partial charge in [0.05, 0.1) is 7.11 Å². The summed E-state index contributed by atoms with van der Waals surface area (Å²) in [6.07, 6.45) is 5.06. The minimum atomic E-state index is -1.50. The molecule has 0 heterocycles. The van der Waals surface area contributed by atoms with Gasteiger partial charge in [0.2, 0.25) is 0 Å². The SMILES string of the molecule is COC(=O)C(O)(c1ccc(C)cc1)C1CCCCC1. The minimum Gasteiger partial charge on any atom is -0.467 e. The summed E-state index contributed by atoms with van der Waals surface area (Å²) in [5.41, 5.74) is 0.263. The first-order chi connectivity index (χ1) is 9.09. The van der Waals surface area contributed by atoms with Crippen LogP contribution in [0.3, 0.4) is 0 Å². The molecule has 0 aliphatic heterocycles. The van der Waals surface area contributed by atoms with E-state index in [9.17, 15) is 9.90 Å². The second-order valence-electron chi connectivity index (χ2n) is 5.46. The number of aryl methyl sites for hydroxylation is 1. The van der Waals surface area contributed by atoms with E-state index in [1.54, 1.807) is 0 Å². The Balaban J connectivity index is 2.38. The van der Waals surface area contributed by atoms with Gasteiger partial charge in [-0.1, -0.05) is 49.1 Å². The van der Waals surface area contributed by atoms with Crippen molar-refractivity contribution in [1.29, 1.82) is 0 Å². The van der Waals surface area contributed by atoms with Crippen LogP contribution in [-0.2, 0) is 15.1 Å². The zero-order valence-corrected chi connectivity index (χ0v) is 11.7. The molecular formula is C16H22O3. The standard InChI is InChI=1S/C16H22O3/c1-12-8-10-14(11-9-12)16(18,15(17)19-2)13-6-4-3-5-7-13/h8-11,13,18H,3-7H2,1-2H3. The normalized spacial score (nSPS) is 19.7. The van der Waals surface area contributed by atoms with Gasteiger partial charge in [0, 0.05) is 5.92 Å². The number of carbonyl (C=O) groups excluding carboxylic acids is 1. The van der Waals surface area contributed by atoms with Crippen molar-refractivity contribution >= 4 is 5.97 Å². The van der Waals surface area contributed by atoms with Crippen LogP contribution in [0.4, 0.5) is 0 Å². The van der Waals surface area contributed by atoms with E-state index in [1.807, 2.05) is 31.2 Å². The summed E-state index contributed by atoms with van der Waals surface area (Å²) in [6, 6.07) is 7.51. The van der Waals surface area contributed by atoms with Gasteiger partial charge in [0.25, 0.3) is 0 Å². The summed E-state index contributed by atoms with van der Waals surface area (Å²) in [5, 5.41) is 11.0. The third-order valence-electron chi connectivity index (χ3n) is 4.18. The van der Waals surface area contributed by atoms with Crippen LogP contribution in [0.2, 0.25) is 0 Å². The lowest BCUT2D eigenvalue weighted by Gasteiger charge is -2.36. The van der Waals surface area contributed by atoms with Crippen LogP contribution in [0.5, 0.6) is 0 Å². The van der Waals surface area contributed by atoms with Crippen LogP contribution < -0.4 is 0 Å². The number of benzene rings is 1. The van der Waals surface area contributed by atoms with Gasteiger partial charge in [-0.15, -0.1) is 0 Å². The fraction of sp³-hybridized carbons (Fsp3) is 0.562. The summed E-state index contributed by atoms with van der Waals surface area (Å²) in [7, 11) is 1.34. The first-order valence-electron chi connectivity index (χ1n) is 6.97. The molecule has 0 bridgehead atoms. The first-order valence-corrected chi connectivity index (χ1v) is 6.97. The fourth-order valence-electron chi connectivity index (χ4n) is 3.00. The molecule has 1 unspecified atom stereocenters. The maximum Gasteiger partial charge on any atom is 0.342 e. The maximum absolute atomic E-state index is 12.1. The molecule has 1 aliphatic rings. The van der Waals surface area contributed by atoms with Crippen LogP contribution in [0.25, 0.3) is 0 Å². The van der Waals surface area contributed by atoms with Crippen molar-refractivity contribution in [3.05, 3.63) is 35.4 Å². The van der Waals surface area contributed by atoms with Gasteiger partial charge >= 0.3 is 5.97 Å². The Morgan fingerprint density at radius 3 is 2.32 bits per heavy atom. The highest BCUT2D eigenvalue weighted by atomic mass is 16.5. The second-order valence-corrected chi connectivity index (χ2v) is 5.46. The number of ether oxygens (including phenoxy) is 1. The third-order valence-corrected chi connectivity index (χ3v) is 4.18. The molecule has 0 saturated heterocycles. The van der Waals surface area contributed by atoms with Crippen molar-refractivity contribution in [3.63, 3.8) is 0 Å². The molecule has 0 amide bonds. The Labute approximate surface area is 114 Å². The molecule has 1 fully saturated rings. The molecule has 104 valence electrons. The molecule has 0 aromatic heterocycles. The number of hydrogen-bond acceptors (Lipinski definition) is 3. The summed E-state index contributed by atoms with van der Waals surface area (Å²) >= 11 is 0. The number of esters is 1. The molecule has 19 heavy (non-hydrogen) atoms. The Hall–Kier alpha value is -1.35. The number of aliphatic hydroxyl groups is 1. The monoisotopic (exact) mass is 262 g/mol. The van der Waals surface area contributed by atoms with E-state index in [0.717, 1.165) is 31.2 Å². The van der Waals surface area contributed by atoms with Crippen molar-refractivity contribution in [2.75, 3.05) is 7.11 Å². The molecule has 1 aliphatic carbocycles. The van der Waals surface area contributed by atoms with E-state index in [4.69, 9.17) is 4.74 Å². The Bertz CT molecular complexity index is 432. The van der Waals surface area contributed by atoms with E-state index in [2.05, 4.69) is 0 Å². The Morgan fingerprint density at radius 2 is 1.79 bits per heavy atom. The van der Waals surface area contributed by atoms with E-state index < -0.39 is 11.6 Å². The van der Waals surface area contributed by atoms with Gasteiger partial charge < -0.3 is 9.84 Å². The zero-order chi connectivity index (χ0) is 13.9. The predicted octanol–water partition coefficient (Wildman–Crippen LogP) is 2.94. The number of carbonyl (C=O) groups is 1. The van der Waals surface area contributed by atoms with E-state index in [0.29, 0.717) is 5.56 Å². The highest BCUT2D eigenvalue weighted by Gasteiger charge is 2.46. The highest BCUT2D eigenvalue weighted by molar-refractivity contribution is 5.81. The molecule has 3 nitrogen and oxygen atoms in total. The summed E-state index contributed by atoms with van der Waals surface area (Å²) in [4.78, 5) is 12.1. The highest BCUT2D eigenvalue weighted by Crippen LogP contribution is 2.40. The van der Waals surface area contributed by atoms with E-state index in [-0.39, 0.29) is 5.92 Å². The van der Waals surface area contributed by atoms with Gasteiger partial charge in [-0.25, -0.2) is 4.79 Å². The molecule has 3 heteroatoms. The zero-order valence-electron chi connectivity index (χ0n) is 11.7. The first kappa shape index (κ1) is 14.1. The van der Waals surface area contributed by atoms with Crippen molar-refractivity contribution in [1.82, 2.24) is 0 Å². The van der Waals surface area contributed by atoms with Crippen LogP contribution >= 0.6 is 0 Å². The fourth-order valence-corrected chi connectivity index (χ4v) is 3.00. The lowest BCUT2D eigenvalue weighted by Crippen LogP contribution is -2.44. The lowest BCUT2D eigenvalue weighted by atomic mass is 9.73. The molecule has 1 aromatic carbocycles. The van der Waals surface area contributed by atoms with Crippen molar-refractivity contribution in [2.24, 2.45) is 5.92 Å². The van der Waals surface area contributed by atoms with E-state index >= 15 is 0 Å². The van der Waals surface area contributed by atoms with Crippen molar-refractivity contribution in [2.45, 2.75) is 44.6 Å². The smallest absolute Gasteiger partial charge is 0.342 e. The lowest BCUT2D eigenvalue weighted by molar-refractivity contribution is -0.172. The van der Waals surface area contributed by atoms with E-state index in [1.165, 1.54) is 13.5 Å². The average Bonchev–Trinajstić information content (AvgIpc) is 2.47. The molecule has 2 rings (SSSR count). The van der Waals surface area contributed by atoms with Crippen LogP contribution in [0.1, 0.15) is 43.2 Å². The predicted molar refractivity (Wildman–Crippen MR) is 73.7 cm³/mol. The molecule has 0 radical (unpaired) electrons. The largest absolute Gasteiger partial charge is 0.467 e. The number of hydrogen-bond donors (Lipinski definition) is 1. The summed E-state index contributed by atoms with van der Waals surface area (Å²) in [5.74, 6) is -0.584. The maximum atomic E-state index is 12.1. The number of rotatable bonds is 3. The van der Waals surface area contributed by atoms with Gasteiger partial charge in [-0.3, -0.25) is 0 Å². The molecule has 1 atom stereocenters. The second kappa shape index (κ2) is 5.74. The Morgan fingerprint density at radius 1 is 1.21 bits per heavy atom. The minimum absolute atomic E-state index is 0.0450. The van der Waals surface area contributed by atoms with Gasteiger partial charge in [0.15, 0.2) is 5.60 Å². The summed E-state index contributed by atoms with van der Waals surface area (Å²) < 4.78 is 4.86. The average molecular weight is 262 g/mol. The van der Waals surface area contributed by atoms with Crippen molar-refractivity contribution < 1.29 is 14.6 Å². The van der Waals surface area contributed by atoms with Gasteiger partial charge in [-0.2, -0.15) is 0 Å². The van der Waals surface area contributed by atoms with Gasteiger partial charge in [-0.05, 0) is 25.3 Å². The third kappa shape index (κ3) is 2.66. The van der Waals surface area contributed by atoms with Crippen molar-refractivity contribution in [3.8, 4) is 0 Å². The quantitative estimate of drug-likeness (QED) is 0.852. The molecule has 0 spiro atoms. The summed E-state index contributed by atoms with van der Waals surface area (Å²) in [6.45, 7) is 1.99. The van der Waals surface area contributed by atoms with Crippen LogP contribution in [0, 0.1) is 12.8 Å². The van der Waals surface area contributed by atoms with Crippen LogP contribution in [0.15, 0.2) is 24.3 Å². The molecule has 1 saturated carbocycles. The van der Waals surface area contributed by atoms with Gasteiger partial charge in [0.1, 0.15) is 0 Å².